The first-order valence-electron chi connectivity index (χ1n) is 7.04. The third-order valence-electron chi connectivity index (χ3n) is 3.08. The van der Waals surface area contributed by atoms with Crippen LogP contribution in [-0.4, -0.2) is 16.3 Å². The standard InChI is InChI=1S/C16H20FN3O/c1-11(2)9-18-10-15-16(21)7-12(3)20(19-15)14-6-4-5-13(17)8-14/h4-8,11,18H,9-10H2,1-3H3. The van der Waals surface area contributed by atoms with E-state index < -0.39 is 0 Å². The van der Waals surface area contributed by atoms with Gasteiger partial charge in [0.1, 0.15) is 11.5 Å². The van der Waals surface area contributed by atoms with Crippen LogP contribution in [0, 0.1) is 18.7 Å². The average Bonchev–Trinajstić information content (AvgIpc) is 2.40. The zero-order valence-electron chi connectivity index (χ0n) is 12.6. The van der Waals surface area contributed by atoms with Crippen molar-refractivity contribution in [1.82, 2.24) is 15.1 Å². The summed E-state index contributed by atoms with van der Waals surface area (Å²) in [7, 11) is 0. The summed E-state index contributed by atoms with van der Waals surface area (Å²) in [6.07, 6.45) is 0. The van der Waals surface area contributed by atoms with E-state index >= 15 is 0 Å². The SMILES string of the molecule is Cc1cc(=O)c(CNCC(C)C)nn1-c1cccc(F)c1. The Hall–Kier alpha value is -2.01. The maximum Gasteiger partial charge on any atom is 0.204 e. The molecule has 0 radical (unpaired) electrons. The highest BCUT2D eigenvalue weighted by Gasteiger charge is 2.08. The van der Waals surface area contributed by atoms with E-state index in [9.17, 15) is 9.18 Å². The lowest BCUT2D eigenvalue weighted by Gasteiger charge is -2.12. The molecule has 1 heterocycles. The fourth-order valence-corrected chi connectivity index (χ4v) is 2.05. The Morgan fingerprint density at radius 2 is 2.10 bits per heavy atom. The van der Waals surface area contributed by atoms with Gasteiger partial charge in [0.15, 0.2) is 0 Å². The maximum absolute atomic E-state index is 13.3. The summed E-state index contributed by atoms with van der Waals surface area (Å²) in [4.78, 5) is 12.0. The van der Waals surface area contributed by atoms with Gasteiger partial charge in [-0.3, -0.25) is 4.79 Å². The molecule has 0 atom stereocenters. The fourth-order valence-electron chi connectivity index (χ4n) is 2.05. The number of hydrogen-bond donors (Lipinski definition) is 1. The number of benzene rings is 1. The zero-order valence-corrected chi connectivity index (χ0v) is 12.6. The summed E-state index contributed by atoms with van der Waals surface area (Å²) in [6, 6.07) is 7.70. The second kappa shape index (κ2) is 6.63. The van der Waals surface area contributed by atoms with Gasteiger partial charge in [-0.15, -0.1) is 0 Å². The van der Waals surface area contributed by atoms with Crippen molar-refractivity contribution in [2.45, 2.75) is 27.3 Å². The maximum atomic E-state index is 13.3. The summed E-state index contributed by atoms with van der Waals surface area (Å²) in [5.74, 6) is 0.174. The van der Waals surface area contributed by atoms with Gasteiger partial charge in [0.05, 0.1) is 5.69 Å². The molecule has 0 aliphatic heterocycles. The molecule has 21 heavy (non-hydrogen) atoms. The third kappa shape index (κ3) is 3.98. The summed E-state index contributed by atoms with van der Waals surface area (Å²) in [5, 5.41) is 7.56. The predicted molar refractivity (Wildman–Crippen MR) is 81.1 cm³/mol. The monoisotopic (exact) mass is 289 g/mol. The molecule has 0 saturated carbocycles. The van der Waals surface area contributed by atoms with Gasteiger partial charge in [0, 0.05) is 18.3 Å². The molecule has 4 nitrogen and oxygen atoms in total. The molecule has 0 spiro atoms. The van der Waals surface area contributed by atoms with Crippen molar-refractivity contribution >= 4 is 0 Å². The minimum Gasteiger partial charge on any atom is -0.311 e. The third-order valence-corrected chi connectivity index (χ3v) is 3.08. The number of aryl methyl sites for hydroxylation is 1. The molecule has 0 unspecified atom stereocenters. The number of rotatable bonds is 5. The lowest BCUT2D eigenvalue weighted by molar-refractivity contribution is 0.541. The van der Waals surface area contributed by atoms with Crippen LogP contribution in [0.25, 0.3) is 5.69 Å². The molecular weight excluding hydrogens is 269 g/mol. The first-order chi connectivity index (χ1) is 9.97. The van der Waals surface area contributed by atoms with Crippen LogP contribution in [0.2, 0.25) is 0 Å². The van der Waals surface area contributed by atoms with E-state index in [2.05, 4.69) is 24.3 Å². The molecule has 0 bridgehead atoms. The second-order valence-corrected chi connectivity index (χ2v) is 5.51. The van der Waals surface area contributed by atoms with Gasteiger partial charge in [-0.25, -0.2) is 9.07 Å². The van der Waals surface area contributed by atoms with Gasteiger partial charge in [0.2, 0.25) is 5.43 Å². The van der Waals surface area contributed by atoms with Crippen molar-refractivity contribution in [3.8, 4) is 5.69 Å². The Labute approximate surface area is 123 Å². The number of nitrogens with zero attached hydrogens (tertiary/aromatic N) is 2. The molecule has 0 aliphatic rings. The Morgan fingerprint density at radius 3 is 2.76 bits per heavy atom. The van der Waals surface area contributed by atoms with Gasteiger partial charge >= 0.3 is 0 Å². The first-order valence-corrected chi connectivity index (χ1v) is 7.04. The molecular formula is C16H20FN3O. The van der Waals surface area contributed by atoms with Crippen LogP contribution in [0.5, 0.6) is 0 Å². The highest BCUT2D eigenvalue weighted by Crippen LogP contribution is 2.10. The number of nitrogens with one attached hydrogen (secondary N) is 1. The molecule has 112 valence electrons. The average molecular weight is 289 g/mol. The van der Waals surface area contributed by atoms with Crippen LogP contribution < -0.4 is 10.7 Å². The molecule has 0 saturated heterocycles. The van der Waals surface area contributed by atoms with Crippen molar-refractivity contribution in [1.29, 1.82) is 0 Å². The minimum absolute atomic E-state index is 0.101. The van der Waals surface area contributed by atoms with E-state index in [4.69, 9.17) is 0 Å². The van der Waals surface area contributed by atoms with Gasteiger partial charge < -0.3 is 5.32 Å². The lowest BCUT2D eigenvalue weighted by atomic mass is 10.2. The van der Waals surface area contributed by atoms with Crippen molar-refractivity contribution in [2.75, 3.05) is 6.54 Å². The lowest BCUT2D eigenvalue weighted by Crippen LogP contribution is -2.26. The van der Waals surface area contributed by atoms with Crippen LogP contribution in [0.15, 0.2) is 35.1 Å². The number of hydrogen-bond acceptors (Lipinski definition) is 3. The minimum atomic E-state index is -0.327. The Kier molecular flexibility index (Phi) is 4.85. The predicted octanol–water partition coefficient (Wildman–Crippen LogP) is 2.43. The van der Waals surface area contributed by atoms with Gasteiger partial charge in [0.25, 0.3) is 0 Å². The Balaban J connectivity index is 2.32. The van der Waals surface area contributed by atoms with E-state index in [1.165, 1.54) is 18.2 Å². The number of aromatic nitrogens is 2. The summed E-state index contributed by atoms with van der Waals surface area (Å²) in [5.41, 5.74) is 1.62. The van der Waals surface area contributed by atoms with Crippen LogP contribution in [-0.2, 0) is 6.54 Å². The molecule has 1 aromatic heterocycles. The van der Waals surface area contributed by atoms with E-state index in [0.29, 0.717) is 29.5 Å². The molecule has 0 aliphatic carbocycles. The van der Waals surface area contributed by atoms with Crippen LogP contribution >= 0.6 is 0 Å². The quantitative estimate of drug-likeness (QED) is 0.919. The second-order valence-electron chi connectivity index (χ2n) is 5.51. The molecule has 1 N–H and O–H groups in total. The summed E-state index contributed by atoms with van der Waals surface area (Å²) < 4.78 is 14.9. The van der Waals surface area contributed by atoms with Crippen molar-refractivity contribution in [3.05, 3.63) is 57.8 Å². The molecule has 2 rings (SSSR count). The first kappa shape index (κ1) is 15.4. The molecule has 0 amide bonds. The highest BCUT2D eigenvalue weighted by molar-refractivity contribution is 5.33. The van der Waals surface area contributed by atoms with Gasteiger partial charge in [-0.2, -0.15) is 5.10 Å². The summed E-state index contributed by atoms with van der Waals surface area (Å²) in [6.45, 7) is 7.20. The zero-order chi connectivity index (χ0) is 15.4. The topological polar surface area (TPSA) is 46.9 Å². The normalized spacial score (nSPS) is 11.1. The van der Waals surface area contributed by atoms with Crippen molar-refractivity contribution < 1.29 is 4.39 Å². The smallest absolute Gasteiger partial charge is 0.204 e. The van der Waals surface area contributed by atoms with Crippen LogP contribution in [0.1, 0.15) is 25.2 Å². The van der Waals surface area contributed by atoms with E-state index in [0.717, 1.165) is 6.54 Å². The molecule has 0 fully saturated rings. The van der Waals surface area contributed by atoms with E-state index in [-0.39, 0.29) is 11.2 Å². The van der Waals surface area contributed by atoms with E-state index in [1.807, 2.05) is 0 Å². The van der Waals surface area contributed by atoms with Crippen LogP contribution in [0.4, 0.5) is 4.39 Å². The molecule has 5 heteroatoms. The number of halogens is 1. The van der Waals surface area contributed by atoms with Gasteiger partial charge in [-0.05, 0) is 37.6 Å². The van der Waals surface area contributed by atoms with Gasteiger partial charge in [-0.1, -0.05) is 19.9 Å². The highest BCUT2D eigenvalue weighted by atomic mass is 19.1. The fraction of sp³-hybridized carbons (Fsp3) is 0.375. The Morgan fingerprint density at radius 1 is 1.33 bits per heavy atom. The van der Waals surface area contributed by atoms with Crippen molar-refractivity contribution in [3.63, 3.8) is 0 Å². The molecule has 1 aromatic carbocycles. The van der Waals surface area contributed by atoms with Crippen LogP contribution in [0.3, 0.4) is 0 Å². The largest absolute Gasteiger partial charge is 0.311 e. The summed E-state index contributed by atoms with van der Waals surface area (Å²) >= 11 is 0. The molecule has 2 aromatic rings. The Bertz CT molecular complexity index is 679. The van der Waals surface area contributed by atoms with E-state index in [1.54, 1.807) is 23.7 Å². The van der Waals surface area contributed by atoms with Crippen molar-refractivity contribution in [2.24, 2.45) is 5.92 Å².